The van der Waals surface area contributed by atoms with E-state index in [1.54, 1.807) is 5.32 Å². The maximum Gasteiger partial charge on any atom is 0.270 e. The molecule has 16 heavy (non-hydrogen) atoms. The Morgan fingerprint density at radius 3 is 2.19 bits per heavy atom. The minimum absolute atomic E-state index is 0.112. The number of hydrogen-bond donors (Lipinski definition) is 3. The van der Waals surface area contributed by atoms with Crippen LogP contribution >= 0.6 is 0 Å². The van der Waals surface area contributed by atoms with Crippen LogP contribution in [-0.4, -0.2) is 36.8 Å². The fourth-order valence-corrected chi connectivity index (χ4v) is 0.800. The molecular formula is C8H13N3O5. The Hall–Kier alpha value is -1.96. The van der Waals surface area contributed by atoms with Gasteiger partial charge in [0.05, 0.1) is 0 Å². The minimum atomic E-state index is -2.01. The van der Waals surface area contributed by atoms with Gasteiger partial charge >= 0.3 is 0 Å². The van der Waals surface area contributed by atoms with Crippen LogP contribution in [0.25, 0.3) is 0 Å². The van der Waals surface area contributed by atoms with Gasteiger partial charge in [0.15, 0.2) is 0 Å². The van der Waals surface area contributed by atoms with E-state index in [1.807, 2.05) is 5.48 Å². The van der Waals surface area contributed by atoms with Gasteiger partial charge in [-0.2, -0.15) is 0 Å². The van der Waals surface area contributed by atoms with Gasteiger partial charge in [-0.3, -0.25) is 24.5 Å². The first kappa shape index (κ1) is 14.0. The Balaban J connectivity index is 4.87. The van der Waals surface area contributed by atoms with Crippen molar-refractivity contribution in [2.24, 2.45) is 0 Å². The average molecular weight is 231 g/mol. The minimum Gasteiger partial charge on any atom is -0.356 e. The number of nitrogens with one attached hydrogen (secondary N) is 3. The molecular weight excluding hydrogens is 218 g/mol. The van der Waals surface area contributed by atoms with Crippen molar-refractivity contribution >= 4 is 24.1 Å². The van der Waals surface area contributed by atoms with Crippen molar-refractivity contribution in [1.82, 2.24) is 16.1 Å². The van der Waals surface area contributed by atoms with Crippen LogP contribution in [0.1, 0.15) is 13.8 Å². The van der Waals surface area contributed by atoms with Crippen molar-refractivity contribution in [2.45, 2.75) is 19.4 Å². The SMILES string of the molecule is CNC(=O)C(C)(ONC(C)=O)C(=O)NC=O. The lowest BCUT2D eigenvalue weighted by atomic mass is 10.1. The highest BCUT2D eigenvalue weighted by Crippen LogP contribution is 2.08. The molecule has 0 aliphatic heterocycles. The number of hydroxylamine groups is 1. The fourth-order valence-electron chi connectivity index (χ4n) is 0.800. The zero-order valence-corrected chi connectivity index (χ0v) is 9.12. The van der Waals surface area contributed by atoms with E-state index in [9.17, 15) is 19.2 Å². The zero-order chi connectivity index (χ0) is 12.8. The van der Waals surface area contributed by atoms with Gasteiger partial charge in [-0.05, 0) is 6.92 Å². The third kappa shape index (κ3) is 3.31. The van der Waals surface area contributed by atoms with Crippen LogP contribution in [0.3, 0.4) is 0 Å². The maximum atomic E-state index is 11.4. The summed E-state index contributed by atoms with van der Waals surface area (Å²) in [5.74, 6) is -2.38. The molecule has 0 heterocycles. The first-order valence-corrected chi connectivity index (χ1v) is 4.29. The van der Waals surface area contributed by atoms with Gasteiger partial charge in [0.25, 0.3) is 11.8 Å². The summed E-state index contributed by atoms with van der Waals surface area (Å²) in [6.07, 6.45) is 0.112. The molecule has 0 saturated carbocycles. The van der Waals surface area contributed by atoms with Crippen LogP contribution in [0.5, 0.6) is 0 Å². The first-order valence-electron chi connectivity index (χ1n) is 4.29. The molecule has 1 atom stereocenters. The molecule has 8 nitrogen and oxygen atoms in total. The molecule has 0 saturated heterocycles. The van der Waals surface area contributed by atoms with Crippen molar-refractivity contribution in [2.75, 3.05) is 7.05 Å². The summed E-state index contributed by atoms with van der Waals surface area (Å²) in [5.41, 5.74) is -0.148. The van der Waals surface area contributed by atoms with Gasteiger partial charge in [-0.25, -0.2) is 10.3 Å². The van der Waals surface area contributed by atoms with Crippen LogP contribution in [0.4, 0.5) is 0 Å². The summed E-state index contributed by atoms with van der Waals surface area (Å²) in [4.78, 5) is 48.2. The first-order chi connectivity index (χ1) is 7.38. The van der Waals surface area contributed by atoms with Gasteiger partial charge in [0, 0.05) is 14.0 Å². The maximum absolute atomic E-state index is 11.4. The molecule has 90 valence electrons. The average Bonchev–Trinajstić information content (AvgIpc) is 2.24. The van der Waals surface area contributed by atoms with Crippen LogP contribution in [-0.2, 0) is 24.0 Å². The van der Waals surface area contributed by atoms with E-state index < -0.39 is 23.3 Å². The smallest absolute Gasteiger partial charge is 0.270 e. The molecule has 8 heteroatoms. The van der Waals surface area contributed by atoms with Crippen molar-refractivity contribution in [3.63, 3.8) is 0 Å². The van der Waals surface area contributed by atoms with Gasteiger partial charge in [-0.1, -0.05) is 0 Å². The Bertz CT molecular complexity index is 317. The highest BCUT2D eigenvalue weighted by molar-refractivity contribution is 6.10. The van der Waals surface area contributed by atoms with E-state index in [0.29, 0.717) is 0 Å². The van der Waals surface area contributed by atoms with E-state index >= 15 is 0 Å². The summed E-state index contributed by atoms with van der Waals surface area (Å²) < 4.78 is 0. The number of rotatable bonds is 5. The topological polar surface area (TPSA) is 114 Å². The van der Waals surface area contributed by atoms with Crippen molar-refractivity contribution < 1.29 is 24.0 Å². The van der Waals surface area contributed by atoms with Crippen LogP contribution < -0.4 is 16.1 Å². The zero-order valence-electron chi connectivity index (χ0n) is 9.12. The van der Waals surface area contributed by atoms with Gasteiger partial charge in [-0.15, -0.1) is 0 Å². The van der Waals surface area contributed by atoms with E-state index in [-0.39, 0.29) is 6.41 Å². The van der Waals surface area contributed by atoms with E-state index in [1.165, 1.54) is 7.05 Å². The Morgan fingerprint density at radius 2 is 1.81 bits per heavy atom. The summed E-state index contributed by atoms with van der Waals surface area (Å²) >= 11 is 0. The van der Waals surface area contributed by atoms with Crippen molar-refractivity contribution in [3.8, 4) is 0 Å². The molecule has 0 aromatic heterocycles. The second kappa shape index (κ2) is 5.81. The molecule has 0 aliphatic rings. The number of amides is 4. The van der Waals surface area contributed by atoms with Crippen LogP contribution in [0.2, 0.25) is 0 Å². The highest BCUT2D eigenvalue weighted by Gasteiger charge is 2.43. The standard InChI is InChI=1S/C8H13N3O5/c1-5(13)11-16-8(2,6(14)9-3)7(15)10-4-12/h4H,1-3H3,(H,9,14)(H,11,13)(H,10,12,15). The van der Waals surface area contributed by atoms with Crippen molar-refractivity contribution in [3.05, 3.63) is 0 Å². The number of carbonyl (C=O) groups is 4. The molecule has 0 radical (unpaired) electrons. The fraction of sp³-hybridized carbons (Fsp3) is 0.500. The molecule has 0 spiro atoms. The summed E-state index contributed by atoms with van der Waals surface area (Å²) in [5, 5.41) is 3.95. The molecule has 0 aromatic carbocycles. The lowest BCUT2D eigenvalue weighted by molar-refractivity contribution is -0.172. The van der Waals surface area contributed by atoms with Crippen LogP contribution in [0, 0.1) is 0 Å². The van der Waals surface area contributed by atoms with Gasteiger partial charge in [0.2, 0.25) is 17.9 Å². The summed E-state index contributed by atoms with van der Waals surface area (Å²) in [6, 6.07) is 0. The molecule has 0 fully saturated rings. The number of likely N-dealkylation sites (N-methyl/N-ethyl adjacent to an activating group) is 1. The molecule has 3 N–H and O–H groups in total. The van der Waals surface area contributed by atoms with Crippen LogP contribution in [0.15, 0.2) is 0 Å². The second-order valence-electron chi connectivity index (χ2n) is 2.96. The van der Waals surface area contributed by atoms with Crippen molar-refractivity contribution in [1.29, 1.82) is 0 Å². The lowest BCUT2D eigenvalue weighted by Crippen LogP contribution is -2.58. The van der Waals surface area contributed by atoms with E-state index in [0.717, 1.165) is 13.8 Å². The second-order valence-corrected chi connectivity index (χ2v) is 2.96. The predicted molar refractivity (Wildman–Crippen MR) is 51.6 cm³/mol. The quantitative estimate of drug-likeness (QED) is 0.283. The highest BCUT2D eigenvalue weighted by atomic mass is 16.7. The Morgan fingerprint density at radius 1 is 1.25 bits per heavy atom. The Labute approximate surface area is 91.7 Å². The normalized spacial score (nSPS) is 13.2. The largest absolute Gasteiger partial charge is 0.356 e. The molecule has 0 aliphatic carbocycles. The molecule has 0 aromatic rings. The summed E-state index contributed by atoms with van der Waals surface area (Å²) in [6.45, 7) is 2.25. The Kier molecular flexibility index (Phi) is 5.10. The predicted octanol–water partition coefficient (Wildman–Crippen LogP) is -2.17. The third-order valence-corrected chi connectivity index (χ3v) is 1.68. The van der Waals surface area contributed by atoms with E-state index in [4.69, 9.17) is 0 Å². The van der Waals surface area contributed by atoms with E-state index in [2.05, 4.69) is 10.2 Å². The van der Waals surface area contributed by atoms with Gasteiger partial charge < -0.3 is 5.32 Å². The molecule has 0 bridgehead atoms. The molecule has 1 unspecified atom stereocenters. The third-order valence-electron chi connectivity index (χ3n) is 1.68. The van der Waals surface area contributed by atoms with Gasteiger partial charge in [0.1, 0.15) is 0 Å². The molecule has 0 rings (SSSR count). The number of carbonyl (C=O) groups excluding carboxylic acids is 4. The lowest BCUT2D eigenvalue weighted by Gasteiger charge is -2.24. The number of imide groups is 1. The summed E-state index contributed by atoms with van der Waals surface area (Å²) in [7, 11) is 1.28. The molecule has 4 amide bonds. The monoisotopic (exact) mass is 231 g/mol. The number of hydrogen-bond acceptors (Lipinski definition) is 5.